The number of hydrogen-bond acceptors (Lipinski definition) is 6. The fourth-order valence-corrected chi connectivity index (χ4v) is 2.74. The van der Waals surface area contributed by atoms with Crippen molar-refractivity contribution in [1.82, 2.24) is 19.9 Å². The van der Waals surface area contributed by atoms with Gasteiger partial charge in [-0.3, -0.25) is 19.9 Å². The van der Waals surface area contributed by atoms with Crippen molar-refractivity contribution in [3.05, 3.63) is 70.5 Å². The number of alkyl halides is 1. The first-order valence-electron chi connectivity index (χ1n) is 8.04. The molecular weight excluding hydrogens is 526 g/mol. The fourth-order valence-electron chi connectivity index (χ4n) is 2.26. The van der Waals surface area contributed by atoms with Gasteiger partial charge in [-0.25, -0.2) is 4.21 Å². The summed E-state index contributed by atoms with van der Waals surface area (Å²) in [5, 5.41) is 11.9. The van der Waals surface area contributed by atoms with E-state index in [-0.39, 0.29) is 14.0 Å². The van der Waals surface area contributed by atoms with E-state index in [0.29, 0.717) is 21.6 Å². The zero-order valence-corrected chi connectivity index (χ0v) is 19.6. The predicted octanol–water partition coefficient (Wildman–Crippen LogP) is 6.48. The summed E-state index contributed by atoms with van der Waals surface area (Å²) in [6.07, 6.45) is 6.50. The van der Waals surface area contributed by atoms with E-state index in [1.54, 1.807) is 36.9 Å². The molecule has 0 spiro atoms. The van der Waals surface area contributed by atoms with Crippen LogP contribution >= 0.6 is 56.2 Å². The van der Waals surface area contributed by atoms with Crippen molar-refractivity contribution in [2.75, 3.05) is 0 Å². The Morgan fingerprint density at radius 1 is 0.774 bits per heavy atom. The fraction of sp³-hybridized carbons (Fsp3) is 0.158. The van der Waals surface area contributed by atoms with Crippen molar-refractivity contribution in [3.63, 3.8) is 0 Å². The van der Waals surface area contributed by atoms with Crippen LogP contribution in [-0.2, 0) is 21.7 Å². The average Bonchev–Trinajstić information content (AvgIpc) is 2.72. The van der Waals surface area contributed by atoms with Crippen molar-refractivity contribution in [2.24, 2.45) is 0 Å². The second kappa shape index (κ2) is 14.0. The first-order chi connectivity index (χ1) is 14.3. The summed E-state index contributed by atoms with van der Waals surface area (Å²) in [5.74, 6) is 0.405. The summed E-state index contributed by atoms with van der Waals surface area (Å²) in [6.45, 7) is -0.0670. The Labute approximate surface area is 206 Å². The zero-order chi connectivity index (χ0) is 22.1. The van der Waals surface area contributed by atoms with Gasteiger partial charge < -0.3 is 5.11 Å². The van der Waals surface area contributed by atoms with Gasteiger partial charge in [0, 0.05) is 44.5 Å². The second-order valence-corrected chi connectivity index (χ2v) is 9.18. The number of aromatic nitrogens is 4. The van der Waals surface area contributed by atoms with Crippen molar-refractivity contribution in [2.45, 2.75) is 19.9 Å². The van der Waals surface area contributed by atoms with Crippen molar-refractivity contribution in [3.8, 4) is 0 Å². The number of nitrogens with zero attached hydrogens (tertiary/aromatic N) is 4. The summed E-state index contributed by atoms with van der Waals surface area (Å²) in [5.41, 5.74) is 3.06. The molecular formula is C19H17Cl5N4O2S. The van der Waals surface area contributed by atoms with Crippen LogP contribution in [0.3, 0.4) is 0 Å². The normalized spacial score (nSPS) is 10.0. The molecule has 0 aliphatic heterocycles. The second-order valence-electron chi connectivity index (χ2n) is 5.52. The number of fused-ring (bicyclic) bond motifs is 2. The van der Waals surface area contributed by atoms with E-state index < -0.39 is 9.23 Å². The number of aliphatic hydroxyl groups excluding tert-OH is 1. The van der Waals surface area contributed by atoms with E-state index in [0.717, 1.165) is 27.5 Å². The quantitative estimate of drug-likeness (QED) is 0.230. The molecule has 0 radical (unpaired) electrons. The minimum absolute atomic E-state index is 0. The van der Waals surface area contributed by atoms with Gasteiger partial charge in [0.15, 0.2) is 0 Å². The number of rotatable bonds is 2. The van der Waals surface area contributed by atoms with Crippen LogP contribution in [0.4, 0.5) is 0 Å². The van der Waals surface area contributed by atoms with Gasteiger partial charge in [0.1, 0.15) is 0 Å². The van der Waals surface area contributed by atoms with Crippen molar-refractivity contribution in [1.29, 1.82) is 0 Å². The van der Waals surface area contributed by atoms with Gasteiger partial charge >= 0.3 is 0 Å². The molecule has 0 aliphatic rings. The monoisotopic (exact) mass is 540 g/mol. The third-order valence-electron chi connectivity index (χ3n) is 3.48. The molecule has 0 unspecified atom stereocenters. The lowest BCUT2D eigenvalue weighted by atomic mass is 10.2. The Morgan fingerprint density at radius 2 is 1.19 bits per heavy atom. The minimum Gasteiger partial charge on any atom is -0.390 e. The molecule has 4 aromatic heterocycles. The van der Waals surface area contributed by atoms with Crippen molar-refractivity contribution >= 4 is 87.2 Å². The first kappa shape index (κ1) is 27.7. The lowest BCUT2D eigenvalue weighted by Crippen LogP contribution is -1.89. The van der Waals surface area contributed by atoms with E-state index >= 15 is 0 Å². The van der Waals surface area contributed by atoms with Crippen LogP contribution in [0.2, 0.25) is 10.0 Å². The number of halogens is 5. The van der Waals surface area contributed by atoms with Crippen LogP contribution < -0.4 is 0 Å². The predicted molar refractivity (Wildman–Crippen MR) is 131 cm³/mol. The Bertz CT molecular complexity index is 1080. The van der Waals surface area contributed by atoms with Crippen LogP contribution in [0.25, 0.3) is 21.8 Å². The Balaban J connectivity index is 0.000000258. The molecule has 166 valence electrons. The van der Waals surface area contributed by atoms with E-state index in [1.165, 1.54) is 0 Å². The zero-order valence-electron chi connectivity index (χ0n) is 15.0. The molecule has 4 aromatic rings. The van der Waals surface area contributed by atoms with Gasteiger partial charge in [-0.15, -0.1) is 11.6 Å². The molecule has 0 saturated heterocycles. The van der Waals surface area contributed by atoms with Gasteiger partial charge in [-0.1, -0.05) is 30.6 Å². The van der Waals surface area contributed by atoms with Gasteiger partial charge in [-0.2, -0.15) is 0 Å². The molecule has 4 heterocycles. The topological polar surface area (TPSA) is 88.9 Å². The highest BCUT2D eigenvalue weighted by Gasteiger charge is 1.99. The molecule has 12 heteroatoms. The van der Waals surface area contributed by atoms with Gasteiger partial charge in [-0.05, 0) is 24.3 Å². The Kier molecular flexibility index (Phi) is 12.5. The van der Waals surface area contributed by atoms with Gasteiger partial charge in [0.25, 0.3) is 0 Å². The third-order valence-corrected chi connectivity index (χ3v) is 4.17. The Morgan fingerprint density at radius 3 is 1.61 bits per heavy atom. The summed E-state index contributed by atoms with van der Waals surface area (Å²) in [7, 11) is 7.36. The summed E-state index contributed by atoms with van der Waals surface area (Å²) in [6, 6.07) is 7.31. The number of hydrogen-bond donors (Lipinski definition) is 1. The van der Waals surface area contributed by atoms with Crippen LogP contribution in [0.5, 0.6) is 0 Å². The maximum absolute atomic E-state index is 9.09. The van der Waals surface area contributed by atoms with E-state index in [9.17, 15) is 0 Å². The van der Waals surface area contributed by atoms with E-state index in [1.807, 2.05) is 12.1 Å². The SMILES string of the molecule is C.ClCc1cc2cc(Cl)cnc2cn1.O=S(Cl)Cl.OCc1cc2cc(Cl)cnc2cn1. The summed E-state index contributed by atoms with van der Waals surface area (Å²) < 4.78 is 9.09. The van der Waals surface area contributed by atoms with Crippen LogP contribution in [0.1, 0.15) is 18.8 Å². The highest BCUT2D eigenvalue weighted by atomic mass is 36.0. The minimum atomic E-state index is -1.67. The molecule has 0 bridgehead atoms. The molecule has 4 rings (SSSR count). The van der Waals surface area contributed by atoms with E-state index in [4.69, 9.17) is 44.1 Å². The molecule has 0 aromatic carbocycles. The van der Waals surface area contributed by atoms with Gasteiger partial charge in [0.2, 0.25) is 9.23 Å². The maximum Gasteiger partial charge on any atom is 0.211 e. The number of aliphatic hydroxyl groups is 1. The molecule has 31 heavy (non-hydrogen) atoms. The highest BCUT2D eigenvalue weighted by Crippen LogP contribution is 2.17. The summed E-state index contributed by atoms with van der Waals surface area (Å²) in [4.78, 5) is 16.3. The maximum atomic E-state index is 9.09. The molecule has 6 nitrogen and oxygen atoms in total. The lowest BCUT2D eigenvalue weighted by Gasteiger charge is -1.99. The summed E-state index contributed by atoms with van der Waals surface area (Å²) >= 11 is 17.2. The van der Waals surface area contributed by atoms with Crippen molar-refractivity contribution < 1.29 is 9.32 Å². The average molecular weight is 543 g/mol. The first-order valence-corrected chi connectivity index (χ1v) is 12.1. The van der Waals surface area contributed by atoms with Crippen LogP contribution in [0.15, 0.2) is 49.1 Å². The molecule has 0 aliphatic carbocycles. The molecule has 0 atom stereocenters. The van der Waals surface area contributed by atoms with Crippen LogP contribution in [0, 0.1) is 0 Å². The molecule has 0 saturated carbocycles. The Hall–Kier alpha value is -1.32. The molecule has 1 N–H and O–H groups in total. The van der Waals surface area contributed by atoms with E-state index in [2.05, 4.69) is 41.3 Å². The third kappa shape index (κ3) is 9.37. The smallest absolute Gasteiger partial charge is 0.211 e. The van der Waals surface area contributed by atoms with Crippen LogP contribution in [-0.4, -0.2) is 29.3 Å². The highest BCUT2D eigenvalue weighted by molar-refractivity contribution is 8.26. The van der Waals surface area contributed by atoms with Gasteiger partial charge in [0.05, 0.1) is 57.3 Å². The molecule has 0 fully saturated rings. The molecule has 0 amide bonds. The number of pyridine rings is 4. The largest absolute Gasteiger partial charge is 0.390 e. The lowest BCUT2D eigenvalue weighted by molar-refractivity contribution is 0.277. The standard InChI is InChI=1S/C9H6Cl2N2.C9H7ClN2O.CH4.Cl2OS/c10-3-8-2-6-1-7(11)4-13-9(6)5-12-8;10-7-1-6-2-8(5-13)11-4-9(6)12-3-7;;1-4(2)3/h1-2,4-5H,3H2;1-4,13H,5H2;1H4;.